The van der Waals surface area contributed by atoms with Gasteiger partial charge in [0.15, 0.2) is 0 Å². The van der Waals surface area contributed by atoms with Gasteiger partial charge in [0, 0.05) is 0 Å². The van der Waals surface area contributed by atoms with Crippen molar-refractivity contribution in [2.45, 2.75) is 54.2 Å². The van der Waals surface area contributed by atoms with E-state index in [-0.39, 0.29) is 0 Å². The fourth-order valence-electron chi connectivity index (χ4n) is 1.76. The van der Waals surface area contributed by atoms with E-state index in [4.69, 9.17) is 4.74 Å². The van der Waals surface area contributed by atoms with Crippen molar-refractivity contribution in [2.75, 3.05) is 6.61 Å². The summed E-state index contributed by atoms with van der Waals surface area (Å²) in [5.41, 5.74) is 0. The summed E-state index contributed by atoms with van der Waals surface area (Å²) in [7, 11) is -0.980. The van der Waals surface area contributed by atoms with Crippen LogP contribution < -0.4 is 3.71 Å². The fraction of sp³-hybridized carbons (Fsp3) is 0.769. The van der Waals surface area contributed by atoms with Crippen LogP contribution in [0.25, 0.3) is 0 Å². The second-order valence-corrected chi connectivity index (χ2v) is 27.1. The first-order valence-corrected chi connectivity index (χ1v) is 20.4. The van der Waals surface area contributed by atoms with Gasteiger partial charge in [-0.25, -0.2) is 0 Å². The predicted molar refractivity (Wildman–Crippen MR) is 84.0 cm³/mol. The van der Waals surface area contributed by atoms with Crippen molar-refractivity contribution in [1.82, 2.24) is 9.55 Å². The molecule has 104 valence electrons. The van der Waals surface area contributed by atoms with Gasteiger partial charge in [0.2, 0.25) is 0 Å². The van der Waals surface area contributed by atoms with Gasteiger partial charge in [-0.15, -0.1) is 0 Å². The first-order chi connectivity index (χ1) is 8.11. The molecule has 0 saturated heterocycles. The second-order valence-electron chi connectivity index (χ2n) is 7.22. The van der Waals surface area contributed by atoms with Gasteiger partial charge >= 0.3 is 117 Å². The molecular weight excluding hydrogens is 347 g/mol. The van der Waals surface area contributed by atoms with E-state index >= 15 is 0 Å². The molecular formula is C13H28N2OSiSn. The Morgan fingerprint density at radius 2 is 1.89 bits per heavy atom. The van der Waals surface area contributed by atoms with Gasteiger partial charge in [-0.2, -0.15) is 0 Å². The van der Waals surface area contributed by atoms with E-state index in [0.717, 1.165) is 12.4 Å². The van der Waals surface area contributed by atoms with Crippen LogP contribution in [0.4, 0.5) is 0 Å². The molecule has 0 aliphatic rings. The second kappa shape index (κ2) is 6.09. The number of rotatable bonds is 6. The number of imidazole rings is 1. The molecule has 0 aliphatic heterocycles. The summed E-state index contributed by atoms with van der Waals surface area (Å²) in [5.74, 6) is 1.09. The zero-order valence-corrected chi connectivity index (χ0v) is 16.9. The Balaban J connectivity index is 2.60. The standard InChI is InChI=1S/C10H19N2OSi.3CH3.Sn/c1-10-11-5-6-12(10)9-13-7-8-14(2,3)4;;;;/h5H,7-9H2,1-4H3;3*1H3;. The maximum atomic E-state index is 5.86. The van der Waals surface area contributed by atoms with Gasteiger partial charge in [-0.1, -0.05) is 0 Å². The third-order valence-electron chi connectivity index (χ3n) is 3.04. The summed E-state index contributed by atoms with van der Waals surface area (Å²) in [6.45, 7) is 10.8. The summed E-state index contributed by atoms with van der Waals surface area (Å²) in [6, 6.07) is 1.23. The quantitative estimate of drug-likeness (QED) is 0.565. The minimum atomic E-state index is -2.06. The minimum absolute atomic E-state index is 0.680. The SMILES string of the molecule is Cc1nc[c]([Sn]([CH3])([CH3])[CH3])n1COCC[Si](C)(C)C. The van der Waals surface area contributed by atoms with Crippen LogP contribution >= 0.6 is 0 Å². The molecule has 1 heterocycles. The van der Waals surface area contributed by atoms with Gasteiger partial charge in [0.05, 0.1) is 0 Å². The van der Waals surface area contributed by atoms with Crippen LogP contribution in [0.5, 0.6) is 0 Å². The topological polar surface area (TPSA) is 27.1 Å². The van der Waals surface area contributed by atoms with Crippen LogP contribution in [-0.2, 0) is 11.5 Å². The van der Waals surface area contributed by atoms with Crippen LogP contribution in [0.15, 0.2) is 6.20 Å². The van der Waals surface area contributed by atoms with Gasteiger partial charge < -0.3 is 0 Å². The molecule has 0 N–H and O–H groups in total. The summed E-state index contributed by atoms with van der Waals surface area (Å²) in [4.78, 5) is 11.7. The van der Waals surface area contributed by atoms with Gasteiger partial charge in [0.25, 0.3) is 0 Å². The summed E-state index contributed by atoms with van der Waals surface area (Å²) in [6.07, 6.45) is 2.06. The van der Waals surface area contributed by atoms with E-state index in [9.17, 15) is 0 Å². The van der Waals surface area contributed by atoms with Crippen LogP contribution in [0, 0.1) is 6.92 Å². The summed E-state index contributed by atoms with van der Waals surface area (Å²) >= 11 is -2.06. The maximum absolute atomic E-state index is 5.86. The van der Waals surface area contributed by atoms with Crippen molar-refractivity contribution >= 4 is 30.2 Å². The molecule has 0 spiro atoms. The molecule has 18 heavy (non-hydrogen) atoms. The Bertz CT molecular complexity index is 391. The van der Waals surface area contributed by atoms with E-state index in [1.54, 1.807) is 0 Å². The number of ether oxygens (including phenoxy) is 1. The van der Waals surface area contributed by atoms with Gasteiger partial charge in [0.1, 0.15) is 0 Å². The Kier molecular flexibility index (Phi) is 5.50. The third kappa shape index (κ3) is 5.05. The van der Waals surface area contributed by atoms with E-state index in [1.807, 2.05) is 0 Å². The van der Waals surface area contributed by atoms with Crippen molar-refractivity contribution in [1.29, 1.82) is 0 Å². The molecule has 0 fully saturated rings. The number of aryl methyl sites for hydroxylation is 1. The third-order valence-corrected chi connectivity index (χ3v) is 10.3. The number of nitrogens with zero attached hydrogens (tertiary/aromatic N) is 2. The first-order valence-electron chi connectivity index (χ1n) is 6.71. The van der Waals surface area contributed by atoms with Crippen molar-refractivity contribution in [3.8, 4) is 0 Å². The predicted octanol–water partition coefficient (Wildman–Crippen LogP) is 3.05. The van der Waals surface area contributed by atoms with E-state index < -0.39 is 26.5 Å². The Hall–Kier alpha value is 0.186. The van der Waals surface area contributed by atoms with Crippen molar-refractivity contribution in [3.63, 3.8) is 0 Å². The molecule has 3 nitrogen and oxygen atoms in total. The first kappa shape index (κ1) is 16.2. The van der Waals surface area contributed by atoms with E-state index in [1.165, 1.54) is 9.75 Å². The fourth-order valence-corrected chi connectivity index (χ4v) is 6.77. The monoisotopic (exact) mass is 376 g/mol. The normalized spacial score (nSPS) is 13.1. The average molecular weight is 375 g/mol. The van der Waals surface area contributed by atoms with E-state index in [2.05, 4.69) is 57.1 Å². The van der Waals surface area contributed by atoms with Crippen molar-refractivity contribution in [3.05, 3.63) is 12.0 Å². The molecule has 1 aromatic heterocycles. The van der Waals surface area contributed by atoms with Crippen LogP contribution in [-0.4, -0.2) is 42.6 Å². The van der Waals surface area contributed by atoms with Crippen LogP contribution in [0.1, 0.15) is 5.82 Å². The molecule has 0 unspecified atom stereocenters. The molecule has 0 amide bonds. The van der Waals surface area contributed by atoms with E-state index in [0.29, 0.717) is 6.73 Å². The molecule has 0 saturated carbocycles. The molecule has 0 atom stereocenters. The zero-order valence-electron chi connectivity index (χ0n) is 13.0. The number of hydrogen-bond donors (Lipinski definition) is 0. The van der Waals surface area contributed by atoms with Crippen molar-refractivity contribution < 1.29 is 4.74 Å². The number of hydrogen-bond acceptors (Lipinski definition) is 2. The van der Waals surface area contributed by atoms with Crippen molar-refractivity contribution in [2.24, 2.45) is 0 Å². The molecule has 0 aliphatic carbocycles. The molecule has 0 bridgehead atoms. The van der Waals surface area contributed by atoms with Crippen LogP contribution in [0.2, 0.25) is 40.5 Å². The van der Waals surface area contributed by atoms with Gasteiger partial charge in [-0.3, -0.25) is 0 Å². The summed E-state index contributed by atoms with van der Waals surface area (Å²) in [5, 5.41) is 0. The molecule has 0 aromatic carbocycles. The molecule has 1 aromatic rings. The molecule has 0 radical (unpaired) electrons. The van der Waals surface area contributed by atoms with Crippen LogP contribution in [0.3, 0.4) is 0 Å². The Morgan fingerprint density at radius 3 is 2.39 bits per heavy atom. The number of aromatic nitrogens is 2. The zero-order chi connectivity index (χ0) is 14.0. The summed E-state index contributed by atoms with van der Waals surface area (Å²) < 4.78 is 9.59. The molecule has 5 heteroatoms. The Morgan fingerprint density at radius 1 is 1.28 bits per heavy atom. The molecule has 1 rings (SSSR count). The average Bonchev–Trinajstić information content (AvgIpc) is 2.53. The van der Waals surface area contributed by atoms with Gasteiger partial charge in [-0.05, 0) is 0 Å². The Labute approximate surface area is 117 Å².